The molecule has 3 aliphatic rings. The fourth-order valence-electron chi connectivity index (χ4n) is 5.64. The van der Waals surface area contributed by atoms with Crippen molar-refractivity contribution in [1.29, 1.82) is 0 Å². The Bertz CT molecular complexity index is 1000. The van der Waals surface area contributed by atoms with Crippen molar-refractivity contribution < 1.29 is 14.3 Å². The van der Waals surface area contributed by atoms with Gasteiger partial charge in [-0.05, 0) is 49.4 Å². The molecule has 1 aromatic heterocycles. The highest BCUT2D eigenvalue weighted by Gasteiger charge is 2.30. The standard InChI is InChI=1S/C24H32N4O3/c1-26-21-3-2-17(24(30)27-9-4-16(5-10-27)23(25)29)14-19(21)20-15-28(11-6-22(20)26)18-7-12-31-13-8-18/h2-3,14,16,18H,4-13,15H2,1H3,(H2,25,29). The van der Waals surface area contributed by atoms with Crippen molar-refractivity contribution in [3.05, 3.63) is 35.0 Å². The van der Waals surface area contributed by atoms with Gasteiger partial charge in [0.2, 0.25) is 5.91 Å². The second-order valence-corrected chi connectivity index (χ2v) is 9.25. The minimum Gasteiger partial charge on any atom is -0.381 e. The van der Waals surface area contributed by atoms with E-state index in [2.05, 4.69) is 28.6 Å². The number of carbonyl (C=O) groups is 2. The van der Waals surface area contributed by atoms with Crippen molar-refractivity contribution in [1.82, 2.24) is 14.4 Å². The number of nitrogens with zero attached hydrogens (tertiary/aromatic N) is 3. The summed E-state index contributed by atoms with van der Waals surface area (Å²) < 4.78 is 7.86. The summed E-state index contributed by atoms with van der Waals surface area (Å²) in [6.45, 7) is 4.93. The minimum atomic E-state index is -0.251. The van der Waals surface area contributed by atoms with Gasteiger partial charge >= 0.3 is 0 Å². The van der Waals surface area contributed by atoms with Crippen molar-refractivity contribution in [2.75, 3.05) is 32.8 Å². The van der Waals surface area contributed by atoms with Gasteiger partial charge in [0.05, 0.1) is 0 Å². The molecule has 0 unspecified atom stereocenters. The molecule has 166 valence electrons. The van der Waals surface area contributed by atoms with Crippen LogP contribution >= 0.6 is 0 Å². The maximum atomic E-state index is 13.2. The number of hydrogen-bond donors (Lipinski definition) is 1. The molecule has 2 aromatic rings. The van der Waals surface area contributed by atoms with Crippen LogP contribution in [0, 0.1) is 5.92 Å². The van der Waals surface area contributed by atoms with Crippen LogP contribution in [0.15, 0.2) is 18.2 Å². The molecule has 0 saturated carbocycles. The van der Waals surface area contributed by atoms with E-state index in [4.69, 9.17) is 10.5 Å². The number of amides is 2. The van der Waals surface area contributed by atoms with E-state index in [9.17, 15) is 9.59 Å². The van der Waals surface area contributed by atoms with E-state index in [0.717, 1.165) is 51.1 Å². The Morgan fingerprint density at radius 2 is 1.81 bits per heavy atom. The topological polar surface area (TPSA) is 80.8 Å². The zero-order valence-electron chi connectivity index (χ0n) is 18.3. The number of primary amides is 1. The fourth-order valence-corrected chi connectivity index (χ4v) is 5.64. The molecule has 31 heavy (non-hydrogen) atoms. The smallest absolute Gasteiger partial charge is 0.253 e. The fraction of sp³-hybridized carbons (Fsp3) is 0.583. The third-order valence-electron chi connectivity index (χ3n) is 7.57. The van der Waals surface area contributed by atoms with Gasteiger partial charge < -0.3 is 19.9 Å². The summed E-state index contributed by atoms with van der Waals surface area (Å²) in [5.41, 5.74) is 10.1. The molecular weight excluding hydrogens is 392 g/mol. The normalized spacial score (nSPS) is 21.4. The molecule has 7 nitrogen and oxygen atoms in total. The van der Waals surface area contributed by atoms with E-state index >= 15 is 0 Å². The number of hydrogen-bond acceptors (Lipinski definition) is 4. The Kier molecular flexibility index (Phi) is 5.48. The predicted octanol–water partition coefficient (Wildman–Crippen LogP) is 2.05. The van der Waals surface area contributed by atoms with Gasteiger partial charge in [-0.2, -0.15) is 0 Å². The number of fused-ring (bicyclic) bond motifs is 3. The van der Waals surface area contributed by atoms with Gasteiger partial charge in [0, 0.05) is 87.0 Å². The van der Waals surface area contributed by atoms with E-state index in [1.165, 1.54) is 22.2 Å². The van der Waals surface area contributed by atoms with Crippen molar-refractivity contribution in [3.63, 3.8) is 0 Å². The summed E-state index contributed by atoms with van der Waals surface area (Å²) in [5.74, 6) is -0.304. The van der Waals surface area contributed by atoms with E-state index < -0.39 is 0 Å². The first-order chi connectivity index (χ1) is 15.0. The Labute approximate surface area is 183 Å². The van der Waals surface area contributed by atoms with Crippen LogP contribution in [-0.2, 0) is 29.5 Å². The number of likely N-dealkylation sites (tertiary alicyclic amines) is 1. The quantitative estimate of drug-likeness (QED) is 0.818. The lowest BCUT2D eigenvalue weighted by Gasteiger charge is -2.37. The molecule has 2 fully saturated rings. The summed E-state index contributed by atoms with van der Waals surface area (Å²) in [7, 11) is 2.14. The lowest BCUT2D eigenvalue weighted by molar-refractivity contribution is -0.123. The molecule has 0 atom stereocenters. The van der Waals surface area contributed by atoms with Gasteiger partial charge in [0.25, 0.3) is 5.91 Å². The number of carbonyl (C=O) groups excluding carboxylic acids is 2. The molecule has 5 rings (SSSR count). The van der Waals surface area contributed by atoms with Crippen molar-refractivity contribution in [2.45, 2.75) is 44.7 Å². The molecule has 3 aliphatic heterocycles. The number of ether oxygens (including phenoxy) is 1. The van der Waals surface area contributed by atoms with Crippen LogP contribution in [0.5, 0.6) is 0 Å². The van der Waals surface area contributed by atoms with Crippen LogP contribution in [-0.4, -0.2) is 65.1 Å². The first kappa shape index (κ1) is 20.5. The van der Waals surface area contributed by atoms with Gasteiger partial charge in [-0.1, -0.05) is 0 Å². The Hall–Kier alpha value is -2.38. The molecule has 0 aliphatic carbocycles. The number of piperidine rings is 1. The van der Waals surface area contributed by atoms with Crippen LogP contribution in [0.1, 0.15) is 47.3 Å². The number of nitrogens with two attached hydrogens (primary N) is 1. The van der Waals surface area contributed by atoms with Crippen LogP contribution in [0.4, 0.5) is 0 Å². The molecule has 2 N–H and O–H groups in total. The maximum Gasteiger partial charge on any atom is 0.253 e. The van der Waals surface area contributed by atoms with Gasteiger partial charge in [-0.25, -0.2) is 0 Å². The number of aromatic nitrogens is 1. The van der Waals surface area contributed by atoms with Crippen molar-refractivity contribution in [3.8, 4) is 0 Å². The van der Waals surface area contributed by atoms with Gasteiger partial charge in [-0.15, -0.1) is 0 Å². The highest BCUT2D eigenvalue weighted by molar-refractivity contribution is 5.99. The Morgan fingerprint density at radius 3 is 2.52 bits per heavy atom. The van der Waals surface area contributed by atoms with Crippen LogP contribution in [0.2, 0.25) is 0 Å². The van der Waals surface area contributed by atoms with Crippen LogP contribution < -0.4 is 5.73 Å². The molecule has 0 radical (unpaired) electrons. The highest BCUT2D eigenvalue weighted by Crippen LogP contribution is 2.33. The average Bonchev–Trinajstić information content (AvgIpc) is 3.10. The second-order valence-electron chi connectivity index (χ2n) is 9.25. The monoisotopic (exact) mass is 424 g/mol. The lowest BCUT2D eigenvalue weighted by Crippen LogP contribution is -2.42. The molecule has 4 heterocycles. The van der Waals surface area contributed by atoms with Crippen molar-refractivity contribution >= 4 is 22.7 Å². The largest absolute Gasteiger partial charge is 0.381 e. The molecule has 2 saturated heterocycles. The molecule has 1 aromatic carbocycles. The summed E-state index contributed by atoms with van der Waals surface area (Å²) in [6.07, 6.45) is 4.56. The third-order valence-corrected chi connectivity index (χ3v) is 7.57. The second kappa shape index (κ2) is 8.28. The predicted molar refractivity (Wildman–Crippen MR) is 119 cm³/mol. The van der Waals surface area contributed by atoms with Crippen LogP contribution in [0.25, 0.3) is 10.9 Å². The molecule has 7 heteroatoms. The lowest BCUT2D eigenvalue weighted by atomic mass is 9.95. The Morgan fingerprint density at radius 1 is 1.06 bits per heavy atom. The summed E-state index contributed by atoms with van der Waals surface area (Å²) in [5, 5.41) is 1.20. The number of benzene rings is 1. The first-order valence-electron chi connectivity index (χ1n) is 11.5. The van der Waals surface area contributed by atoms with E-state index in [1.54, 1.807) is 0 Å². The summed E-state index contributed by atoms with van der Waals surface area (Å²) in [6, 6.07) is 6.72. The SMILES string of the molecule is Cn1c2c(c3cc(C(=O)N4CCC(C(N)=O)CC4)ccc31)CN(C1CCOCC1)CC2. The molecule has 0 bridgehead atoms. The van der Waals surface area contributed by atoms with Crippen LogP contribution in [0.3, 0.4) is 0 Å². The number of aryl methyl sites for hydroxylation is 1. The van der Waals surface area contributed by atoms with Crippen molar-refractivity contribution in [2.24, 2.45) is 18.7 Å². The zero-order chi connectivity index (χ0) is 21.5. The van der Waals surface area contributed by atoms with Gasteiger partial charge in [0.15, 0.2) is 0 Å². The minimum absolute atomic E-state index is 0.0551. The molecule has 2 amide bonds. The third kappa shape index (κ3) is 3.74. The average molecular weight is 425 g/mol. The Balaban J connectivity index is 1.40. The number of rotatable bonds is 3. The van der Waals surface area contributed by atoms with E-state index in [-0.39, 0.29) is 17.7 Å². The summed E-state index contributed by atoms with van der Waals surface area (Å²) >= 11 is 0. The van der Waals surface area contributed by atoms with Gasteiger partial charge in [-0.3, -0.25) is 14.5 Å². The zero-order valence-corrected chi connectivity index (χ0v) is 18.3. The molecular formula is C24H32N4O3. The highest BCUT2D eigenvalue weighted by atomic mass is 16.5. The van der Waals surface area contributed by atoms with E-state index in [0.29, 0.717) is 32.0 Å². The van der Waals surface area contributed by atoms with Gasteiger partial charge in [0.1, 0.15) is 0 Å². The first-order valence-corrected chi connectivity index (χ1v) is 11.5. The molecule has 0 spiro atoms. The van der Waals surface area contributed by atoms with E-state index in [1.807, 2.05) is 11.0 Å². The maximum absolute atomic E-state index is 13.2. The summed E-state index contributed by atoms with van der Waals surface area (Å²) in [4.78, 5) is 29.1.